The molecule has 0 amide bonds. The molecule has 0 bridgehead atoms. The summed E-state index contributed by atoms with van der Waals surface area (Å²) in [5, 5.41) is 8.87. The van der Waals surface area contributed by atoms with E-state index in [4.69, 9.17) is 5.26 Å². The fourth-order valence-electron chi connectivity index (χ4n) is 1.91. The van der Waals surface area contributed by atoms with E-state index in [-0.39, 0.29) is 11.2 Å². The molecule has 0 aliphatic carbocycles. The zero-order valence-electron chi connectivity index (χ0n) is 10.6. The number of hydrogen-bond acceptors (Lipinski definition) is 2. The molecule has 96 valence electrons. The molecule has 0 radical (unpaired) electrons. The lowest BCUT2D eigenvalue weighted by Crippen LogP contribution is -2.19. The number of halogens is 2. The molecule has 0 saturated carbocycles. The molecule has 0 N–H and O–H groups in total. The van der Waals surface area contributed by atoms with E-state index in [0.29, 0.717) is 10.2 Å². The van der Waals surface area contributed by atoms with Crippen LogP contribution in [0.5, 0.6) is 0 Å². The van der Waals surface area contributed by atoms with Gasteiger partial charge in [-0.15, -0.1) is 0 Å². The van der Waals surface area contributed by atoms with Gasteiger partial charge in [-0.1, -0.05) is 26.0 Å². The van der Waals surface area contributed by atoms with Crippen LogP contribution in [0.25, 0.3) is 0 Å². The Balaban J connectivity index is 2.51. The fourth-order valence-corrected chi connectivity index (χ4v) is 2.34. The highest BCUT2D eigenvalue weighted by molar-refractivity contribution is 9.10. The minimum Gasteiger partial charge on any atom is -0.244 e. The van der Waals surface area contributed by atoms with Gasteiger partial charge >= 0.3 is 0 Å². The maximum atomic E-state index is 13.3. The van der Waals surface area contributed by atoms with Crippen LogP contribution in [-0.4, -0.2) is 4.98 Å². The van der Waals surface area contributed by atoms with Crippen LogP contribution in [-0.2, 0) is 5.41 Å². The smallest absolute Gasteiger partial charge is 0.154 e. The highest BCUT2D eigenvalue weighted by Gasteiger charge is 2.24. The van der Waals surface area contributed by atoms with Gasteiger partial charge in [0.05, 0.1) is 4.47 Å². The van der Waals surface area contributed by atoms with Gasteiger partial charge in [0.15, 0.2) is 5.69 Å². The second-order valence-electron chi connectivity index (χ2n) is 4.80. The zero-order valence-corrected chi connectivity index (χ0v) is 12.2. The van der Waals surface area contributed by atoms with Gasteiger partial charge in [0.1, 0.15) is 11.9 Å². The third-order valence-electron chi connectivity index (χ3n) is 3.22. The summed E-state index contributed by atoms with van der Waals surface area (Å²) in [5.41, 5.74) is 1.75. The molecule has 2 aromatic rings. The molecule has 0 fully saturated rings. The zero-order chi connectivity index (χ0) is 14.0. The van der Waals surface area contributed by atoms with Crippen molar-refractivity contribution in [2.75, 3.05) is 0 Å². The summed E-state index contributed by atoms with van der Waals surface area (Å²) >= 11 is 3.33. The lowest BCUT2D eigenvalue weighted by Gasteiger charge is -2.26. The van der Waals surface area contributed by atoms with E-state index < -0.39 is 0 Å². The van der Waals surface area contributed by atoms with Crippen molar-refractivity contribution in [3.05, 3.63) is 63.6 Å². The molecular formula is C15H12BrFN2. The average Bonchev–Trinajstić information content (AvgIpc) is 2.38. The van der Waals surface area contributed by atoms with Crippen molar-refractivity contribution in [3.8, 4) is 6.07 Å². The van der Waals surface area contributed by atoms with E-state index in [1.165, 1.54) is 12.1 Å². The summed E-state index contributed by atoms with van der Waals surface area (Å²) in [5.74, 6) is -0.258. The topological polar surface area (TPSA) is 36.7 Å². The predicted octanol–water partition coefficient (Wildman–Crippen LogP) is 4.18. The van der Waals surface area contributed by atoms with Crippen LogP contribution in [0.4, 0.5) is 4.39 Å². The molecule has 0 spiro atoms. The second-order valence-corrected chi connectivity index (χ2v) is 5.66. The molecule has 19 heavy (non-hydrogen) atoms. The highest BCUT2D eigenvalue weighted by Crippen LogP contribution is 2.33. The highest BCUT2D eigenvalue weighted by atomic mass is 79.9. The van der Waals surface area contributed by atoms with Crippen LogP contribution in [0, 0.1) is 17.1 Å². The monoisotopic (exact) mass is 318 g/mol. The van der Waals surface area contributed by atoms with Gasteiger partial charge in [-0.25, -0.2) is 9.37 Å². The van der Waals surface area contributed by atoms with Crippen LogP contribution >= 0.6 is 15.9 Å². The Labute approximate surface area is 120 Å². The summed E-state index contributed by atoms with van der Waals surface area (Å²) in [6.07, 6.45) is 1.66. The van der Waals surface area contributed by atoms with Crippen molar-refractivity contribution >= 4 is 15.9 Å². The summed E-state index contributed by atoms with van der Waals surface area (Å²) in [4.78, 5) is 4.11. The fraction of sp³-hybridized carbons (Fsp3) is 0.200. The Morgan fingerprint density at radius 2 is 2.00 bits per heavy atom. The van der Waals surface area contributed by atoms with E-state index in [2.05, 4.69) is 20.9 Å². The molecule has 1 heterocycles. The van der Waals surface area contributed by atoms with Gasteiger partial charge in [0, 0.05) is 11.6 Å². The Morgan fingerprint density at radius 3 is 2.58 bits per heavy atom. The maximum Gasteiger partial charge on any atom is 0.154 e. The molecule has 0 atom stereocenters. The van der Waals surface area contributed by atoms with Crippen LogP contribution in [0.1, 0.15) is 30.7 Å². The van der Waals surface area contributed by atoms with Gasteiger partial charge in [-0.05, 0) is 45.3 Å². The number of hydrogen-bond donors (Lipinski definition) is 0. The standard InChI is InChI=1S/C15H12BrFN2/c1-15(2,10-4-3-5-12(17)6-10)11-7-13(16)14(8-18)19-9-11/h3-7,9H,1-2H3. The molecule has 0 aliphatic heterocycles. The van der Waals surface area contributed by atoms with E-state index in [1.54, 1.807) is 12.3 Å². The van der Waals surface area contributed by atoms with E-state index in [1.807, 2.05) is 32.0 Å². The maximum absolute atomic E-state index is 13.3. The summed E-state index contributed by atoms with van der Waals surface area (Å²) in [6.45, 7) is 3.99. The summed E-state index contributed by atoms with van der Waals surface area (Å²) < 4.78 is 14.0. The van der Waals surface area contributed by atoms with Crippen molar-refractivity contribution in [1.29, 1.82) is 5.26 Å². The van der Waals surface area contributed by atoms with Gasteiger partial charge in [0.25, 0.3) is 0 Å². The lowest BCUT2D eigenvalue weighted by molar-refractivity contribution is 0.599. The number of nitrogens with zero attached hydrogens (tertiary/aromatic N) is 2. The number of benzene rings is 1. The molecule has 0 saturated heterocycles. The van der Waals surface area contributed by atoms with Crippen LogP contribution in [0.3, 0.4) is 0 Å². The van der Waals surface area contributed by atoms with Gasteiger partial charge in [-0.2, -0.15) is 5.26 Å². The van der Waals surface area contributed by atoms with Crippen molar-refractivity contribution in [3.63, 3.8) is 0 Å². The molecule has 2 rings (SSSR count). The first kappa shape index (κ1) is 13.7. The molecule has 0 unspecified atom stereocenters. The van der Waals surface area contributed by atoms with Gasteiger partial charge in [0.2, 0.25) is 0 Å². The molecule has 0 aliphatic rings. The Morgan fingerprint density at radius 1 is 1.26 bits per heavy atom. The number of rotatable bonds is 2. The normalized spacial score (nSPS) is 11.1. The first-order chi connectivity index (χ1) is 8.95. The van der Waals surface area contributed by atoms with Crippen LogP contribution in [0.2, 0.25) is 0 Å². The Bertz CT molecular complexity index is 659. The first-order valence-corrected chi connectivity index (χ1v) is 6.56. The summed E-state index contributed by atoms with van der Waals surface area (Å²) in [7, 11) is 0. The average molecular weight is 319 g/mol. The Kier molecular flexibility index (Phi) is 3.68. The number of pyridine rings is 1. The molecule has 2 nitrogen and oxygen atoms in total. The van der Waals surface area contributed by atoms with E-state index in [0.717, 1.165) is 11.1 Å². The number of nitriles is 1. The lowest BCUT2D eigenvalue weighted by atomic mass is 9.79. The molecule has 1 aromatic carbocycles. The van der Waals surface area contributed by atoms with Crippen molar-refractivity contribution in [2.24, 2.45) is 0 Å². The molecule has 1 aromatic heterocycles. The SMILES string of the molecule is CC(C)(c1cccc(F)c1)c1cnc(C#N)c(Br)c1. The third-order valence-corrected chi connectivity index (χ3v) is 3.82. The van der Waals surface area contributed by atoms with Gasteiger partial charge in [-0.3, -0.25) is 0 Å². The largest absolute Gasteiger partial charge is 0.244 e. The second kappa shape index (κ2) is 5.10. The van der Waals surface area contributed by atoms with Crippen molar-refractivity contribution in [2.45, 2.75) is 19.3 Å². The predicted molar refractivity (Wildman–Crippen MR) is 75.2 cm³/mol. The van der Waals surface area contributed by atoms with Crippen molar-refractivity contribution < 1.29 is 4.39 Å². The Hall–Kier alpha value is -1.73. The van der Waals surface area contributed by atoms with Crippen LogP contribution in [0.15, 0.2) is 41.0 Å². The minimum absolute atomic E-state index is 0.258. The third kappa shape index (κ3) is 2.66. The van der Waals surface area contributed by atoms with Crippen LogP contribution < -0.4 is 0 Å². The first-order valence-electron chi connectivity index (χ1n) is 5.77. The van der Waals surface area contributed by atoms with E-state index in [9.17, 15) is 4.39 Å². The number of aromatic nitrogens is 1. The minimum atomic E-state index is -0.383. The molecule has 4 heteroatoms. The summed E-state index contributed by atoms with van der Waals surface area (Å²) in [6, 6.07) is 10.4. The van der Waals surface area contributed by atoms with E-state index >= 15 is 0 Å². The van der Waals surface area contributed by atoms with Gasteiger partial charge < -0.3 is 0 Å². The quantitative estimate of drug-likeness (QED) is 0.832. The van der Waals surface area contributed by atoms with Crippen molar-refractivity contribution in [1.82, 2.24) is 4.98 Å². The molecular weight excluding hydrogens is 307 g/mol.